The maximum absolute atomic E-state index is 12.0. The van der Waals surface area contributed by atoms with Crippen LogP contribution in [0.1, 0.15) is 1.43 Å². The van der Waals surface area contributed by atoms with Gasteiger partial charge in [-0.1, -0.05) is 0 Å². The predicted octanol–water partition coefficient (Wildman–Crippen LogP) is -1.82. The summed E-state index contributed by atoms with van der Waals surface area (Å²) in [6, 6.07) is 0. The molecule has 0 aromatic rings. The average molecular weight is 289 g/mol. The fourth-order valence-corrected chi connectivity index (χ4v) is 0.817. The fraction of sp³-hybridized carbons (Fsp3) is 1.00. The van der Waals surface area contributed by atoms with Crippen LogP contribution in [0.3, 0.4) is 0 Å². The van der Waals surface area contributed by atoms with Crippen LogP contribution in [-0.4, -0.2) is 25.8 Å². The molecule has 0 heterocycles. The fourth-order valence-electron chi connectivity index (χ4n) is 0.344. The summed E-state index contributed by atoms with van der Waals surface area (Å²) in [6.45, 7) is 0. The molecular formula is C3H3F7KNO2S. The molecule has 0 aromatic carbocycles. The van der Waals surface area contributed by atoms with E-state index in [0.717, 1.165) is 0 Å². The van der Waals surface area contributed by atoms with E-state index in [1.807, 2.05) is 0 Å². The third kappa shape index (κ3) is 3.26. The first-order chi connectivity index (χ1) is 5.75. The molecule has 3 nitrogen and oxygen atoms in total. The Bertz CT molecular complexity index is 327. The van der Waals surface area contributed by atoms with Crippen LogP contribution in [0.25, 0.3) is 0 Å². The van der Waals surface area contributed by atoms with Crippen LogP contribution in [0, 0.1) is 0 Å². The number of hydrogen-bond acceptors (Lipinski definition) is 2. The number of alkyl halides is 7. The molecular weight excluding hydrogens is 286 g/mol. The topological polar surface area (TPSA) is 60.2 Å². The molecule has 0 fully saturated rings. The van der Waals surface area contributed by atoms with Crippen LogP contribution >= 0.6 is 0 Å². The molecule has 0 unspecified atom stereocenters. The third-order valence-corrected chi connectivity index (χ3v) is 2.05. The molecule has 0 saturated heterocycles. The van der Waals surface area contributed by atoms with Crippen molar-refractivity contribution in [3.63, 3.8) is 0 Å². The second-order valence-corrected chi connectivity index (χ2v) is 3.74. The third-order valence-electron chi connectivity index (χ3n) is 1.08. The Labute approximate surface area is 123 Å². The van der Waals surface area contributed by atoms with Crippen molar-refractivity contribution in [3.8, 4) is 0 Å². The van der Waals surface area contributed by atoms with Gasteiger partial charge in [-0.2, -0.15) is 30.7 Å². The number of halogens is 7. The SMILES string of the molecule is NS(=O)(=O)C(F)(F)C(F)(F)C(F)(F)F.[H-].[K+]. The molecule has 15 heavy (non-hydrogen) atoms. The molecule has 0 aliphatic heterocycles. The van der Waals surface area contributed by atoms with E-state index >= 15 is 0 Å². The van der Waals surface area contributed by atoms with Gasteiger partial charge in [-0.25, -0.2) is 13.6 Å². The van der Waals surface area contributed by atoms with Gasteiger partial charge in [0.25, 0.3) is 10.0 Å². The molecule has 0 saturated carbocycles. The Morgan fingerprint density at radius 2 is 1.20 bits per heavy atom. The van der Waals surface area contributed by atoms with Gasteiger partial charge in [0, 0.05) is 0 Å². The van der Waals surface area contributed by atoms with Gasteiger partial charge in [-0.3, -0.25) is 0 Å². The molecule has 0 aliphatic carbocycles. The predicted molar refractivity (Wildman–Crippen MR) is 30.2 cm³/mol. The largest absolute Gasteiger partial charge is 1.00 e. The van der Waals surface area contributed by atoms with Gasteiger partial charge in [0.2, 0.25) is 0 Å². The molecule has 0 rings (SSSR count). The standard InChI is InChI=1S/C3H2F7NO2S.K.H/c4-1(5,2(6,7)8)3(9,10)14(11,12)13;;/h(H2,11,12,13);;/q;+1;-1. The number of rotatable bonds is 2. The Hall–Kier alpha value is 1.06. The summed E-state index contributed by atoms with van der Waals surface area (Å²) in [5, 5.41) is -2.85. The van der Waals surface area contributed by atoms with Gasteiger partial charge < -0.3 is 1.43 Å². The average Bonchev–Trinajstić information content (AvgIpc) is 1.81. The zero-order valence-electron chi connectivity index (χ0n) is 7.95. The minimum atomic E-state index is -6.73. The summed E-state index contributed by atoms with van der Waals surface area (Å²) in [6.07, 6.45) is -6.71. The van der Waals surface area contributed by atoms with Gasteiger partial charge in [-0.05, 0) is 0 Å². The number of nitrogens with two attached hydrogens (primary N) is 1. The minimum Gasteiger partial charge on any atom is -1.00 e. The van der Waals surface area contributed by atoms with Crippen LogP contribution in [0.5, 0.6) is 0 Å². The van der Waals surface area contributed by atoms with Crippen molar-refractivity contribution in [1.29, 1.82) is 0 Å². The van der Waals surface area contributed by atoms with Crippen molar-refractivity contribution in [2.24, 2.45) is 5.14 Å². The van der Waals surface area contributed by atoms with E-state index in [4.69, 9.17) is 0 Å². The first-order valence-corrected chi connectivity index (χ1v) is 4.14. The summed E-state index contributed by atoms with van der Waals surface area (Å²) in [5.74, 6) is -6.73. The van der Waals surface area contributed by atoms with Crippen LogP contribution in [0.2, 0.25) is 0 Å². The summed E-state index contributed by atoms with van der Waals surface area (Å²) in [5.41, 5.74) is 0. The maximum Gasteiger partial charge on any atom is 1.00 e. The zero-order chi connectivity index (χ0) is 12.0. The van der Waals surface area contributed by atoms with Crippen LogP contribution in [-0.2, 0) is 10.0 Å². The first kappa shape index (κ1) is 18.4. The van der Waals surface area contributed by atoms with E-state index in [9.17, 15) is 39.2 Å². The Balaban J connectivity index is -0.000000845. The molecule has 12 heteroatoms. The van der Waals surface area contributed by atoms with Crippen molar-refractivity contribution in [2.75, 3.05) is 0 Å². The Kier molecular flexibility index (Phi) is 5.82. The van der Waals surface area contributed by atoms with E-state index < -0.39 is 27.4 Å². The van der Waals surface area contributed by atoms with E-state index in [0.29, 0.717) is 0 Å². The maximum atomic E-state index is 12.0. The van der Waals surface area contributed by atoms with Crippen LogP contribution in [0.4, 0.5) is 30.7 Å². The number of primary sulfonamides is 1. The van der Waals surface area contributed by atoms with E-state index in [1.165, 1.54) is 0 Å². The van der Waals surface area contributed by atoms with Gasteiger partial charge in [0.1, 0.15) is 0 Å². The summed E-state index contributed by atoms with van der Waals surface area (Å²) < 4.78 is 101. The van der Waals surface area contributed by atoms with Crippen molar-refractivity contribution in [1.82, 2.24) is 0 Å². The Morgan fingerprint density at radius 3 is 1.27 bits per heavy atom. The molecule has 0 aliphatic rings. The van der Waals surface area contributed by atoms with E-state index in [1.54, 1.807) is 0 Å². The summed E-state index contributed by atoms with van der Waals surface area (Å²) in [7, 11) is -6.35. The quantitative estimate of drug-likeness (QED) is 0.481. The molecule has 0 spiro atoms. The molecule has 0 bridgehead atoms. The molecule has 0 atom stereocenters. The normalized spacial score (nSPS) is 14.7. The van der Waals surface area contributed by atoms with Gasteiger partial charge >= 0.3 is 68.7 Å². The van der Waals surface area contributed by atoms with Gasteiger partial charge in [0.15, 0.2) is 0 Å². The molecule has 2 N–H and O–H groups in total. The van der Waals surface area contributed by atoms with E-state index in [2.05, 4.69) is 5.14 Å². The van der Waals surface area contributed by atoms with Crippen LogP contribution in [0.15, 0.2) is 0 Å². The van der Waals surface area contributed by atoms with Crippen molar-refractivity contribution >= 4 is 10.0 Å². The number of sulfonamides is 1. The zero-order valence-corrected chi connectivity index (χ0v) is 10.9. The van der Waals surface area contributed by atoms with E-state index in [-0.39, 0.29) is 52.8 Å². The van der Waals surface area contributed by atoms with Crippen LogP contribution < -0.4 is 56.5 Å². The molecule has 0 aromatic heterocycles. The smallest absolute Gasteiger partial charge is 1.00 e. The first-order valence-electron chi connectivity index (χ1n) is 2.60. The minimum absolute atomic E-state index is 0. The summed E-state index contributed by atoms with van der Waals surface area (Å²) >= 11 is 0. The van der Waals surface area contributed by atoms with Gasteiger partial charge in [0.05, 0.1) is 0 Å². The summed E-state index contributed by atoms with van der Waals surface area (Å²) in [4.78, 5) is 0. The van der Waals surface area contributed by atoms with Crippen molar-refractivity contribution < 1.29 is 92.0 Å². The monoisotopic (exact) mass is 289 g/mol. The molecule has 0 radical (unpaired) electrons. The van der Waals surface area contributed by atoms with Gasteiger partial charge in [-0.15, -0.1) is 0 Å². The second-order valence-electron chi connectivity index (χ2n) is 2.13. The second kappa shape index (κ2) is 4.74. The molecule has 0 amide bonds. The molecule has 88 valence electrons. The number of hydrogen-bond donors (Lipinski definition) is 1. The van der Waals surface area contributed by atoms with Crippen molar-refractivity contribution in [2.45, 2.75) is 17.4 Å². The van der Waals surface area contributed by atoms with Crippen molar-refractivity contribution in [3.05, 3.63) is 0 Å². The Morgan fingerprint density at radius 1 is 0.933 bits per heavy atom.